The van der Waals surface area contributed by atoms with Gasteiger partial charge in [-0.1, -0.05) is 0 Å². The van der Waals surface area contributed by atoms with E-state index in [1.165, 1.54) is 0 Å². The molecule has 0 saturated heterocycles. The van der Waals surface area contributed by atoms with Gasteiger partial charge in [-0.05, 0) is 26.3 Å². The number of aromatic nitrogens is 3. The minimum absolute atomic E-state index is 0.609. The van der Waals surface area contributed by atoms with Crippen LogP contribution in [0.1, 0.15) is 17.0 Å². The fraction of sp³-hybridized carbons (Fsp3) is 0.286. The largest absolute Gasteiger partial charge is 0.481 e. The number of aryl methyl sites for hydroxylation is 3. The molecule has 19 heavy (non-hydrogen) atoms. The Hall–Kier alpha value is -2.30. The molecule has 0 atom stereocenters. The van der Waals surface area contributed by atoms with Gasteiger partial charge < -0.3 is 9.15 Å². The van der Waals surface area contributed by atoms with Crippen molar-refractivity contribution in [3.8, 4) is 17.0 Å². The number of oxazole rings is 1. The Balaban J connectivity index is 2.26. The Bertz CT molecular complexity index is 755. The standard InChI is InChI=1S/C14H15N3O2/c1-8-5-12(18-4)15-6-11(8)13-10(3)16-17-9(2)7-19-14(13)17/h5-7H,1-4H3. The molecule has 0 aliphatic carbocycles. The first kappa shape index (κ1) is 11.8. The third-order valence-electron chi connectivity index (χ3n) is 3.26. The molecule has 0 aromatic carbocycles. The molecule has 0 spiro atoms. The Kier molecular flexibility index (Phi) is 2.55. The molecular weight excluding hydrogens is 242 g/mol. The van der Waals surface area contributed by atoms with E-state index in [2.05, 4.69) is 10.1 Å². The Morgan fingerprint density at radius 1 is 1.26 bits per heavy atom. The molecule has 0 aliphatic rings. The van der Waals surface area contributed by atoms with Crippen LogP contribution in [0, 0.1) is 20.8 Å². The van der Waals surface area contributed by atoms with Crippen LogP contribution in [-0.4, -0.2) is 21.7 Å². The van der Waals surface area contributed by atoms with E-state index in [0.29, 0.717) is 5.88 Å². The summed E-state index contributed by atoms with van der Waals surface area (Å²) < 4.78 is 12.6. The average molecular weight is 257 g/mol. The van der Waals surface area contributed by atoms with E-state index in [4.69, 9.17) is 9.15 Å². The fourth-order valence-electron chi connectivity index (χ4n) is 2.26. The molecule has 0 amide bonds. The predicted molar refractivity (Wildman–Crippen MR) is 71.5 cm³/mol. The molecule has 0 fully saturated rings. The number of pyridine rings is 1. The molecule has 0 bridgehead atoms. The summed E-state index contributed by atoms with van der Waals surface area (Å²) in [4.78, 5) is 4.27. The molecule has 0 aliphatic heterocycles. The Morgan fingerprint density at radius 3 is 2.74 bits per heavy atom. The summed E-state index contributed by atoms with van der Waals surface area (Å²) >= 11 is 0. The van der Waals surface area contributed by atoms with Crippen LogP contribution in [-0.2, 0) is 0 Å². The lowest BCUT2D eigenvalue weighted by atomic mass is 10.0. The average Bonchev–Trinajstić information content (AvgIpc) is 2.90. The van der Waals surface area contributed by atoms with Gasteiger partial charge >= 0.3 is 0 Å². The fourth-order valence-corrected chi connectivity index (χ4v) is 2.26. The monoisotopic (exact) mass is 257 g/mol. The second-order valence-corrected chi connectivity index (χ2v) is 4.60. The third-order valence-corrected chi connectivity index (χ3v) is 3.26. The van der Waals surface area contributed by atoms with E-state index in [9.17, 15) is 0 Å². The Morgan fingerprint density at radius 2 is 2.05 bits per heavy atom. The summed E-state index contributed by atoms with van der Waals surface area (Å²) in [6.07, 6.45) is 3.51. The van der Waals surface area contributed by atoms with Crippen LogP contribution in [0.2, 0.25) is 0 Å². The number of hydrogen-bond acceptors (Lipinski definition) is 4. The maximum Gasteiger partial charge on any atom is 0.229 e. The van der Waals surface area contributed by atoms with Crippen molar-refractivity contribution in [2.24, 2.45) is 0 Å². The number of ether oxygens (including phenoxy) is 1. The van der Waals surface area contributed by atoms with Gasteiger partial charge in [0, 0.05) is 17.8 Å². The molecule has 3 heterocycles. The van der Waals surface area contributed by atoms with Crippen molar-refractivity contribution < 1.29 is 9.15 Å². The van der Waals surface area contributed by atoms with Crippen molar-refractivity contribution in [3.05, 3.63) is 35.5 Å². The second-order valence-electron chi connectivity index (χ2n) is 4.60. The highest BCUT2D eigenvalue weighted by Gasteiger charge is 2.18. The highest BCUT2D eigenvalue weighted by molar-refractivity contribution is 5.80. The molecule has 3 aromatic rings. The lowest BCUT2D eigenvalue weighted by Crippen LogP contribution is -1.91. The highest BCUT2D eigenvalue weighted by Crippen LogP contribution is 2.32. The zero-order valence-electron chi connectivity index (χ0n) is 11.4. The van der Waals surface area contributed by atoms with Gasteiger partial charge in [-0.25, -0.2) is 9.50 Å². The van der Waals surface area contributed by atoms with Crippen LogP contribution in [0.3, 0.4) is 0 Å². The summed E-state index contributed by atoms with van der Waals surface area (Å²) in [6.45, 7) is 5.96. The molecule has 5 nitrogen and oxygen atoms in total. The summed E-state index contributed by atoms with van der Waals surface area (Å²) in [5, 5.41) is 4.50. The number of nitrogens with zero attached hydrogens (tertiary/aromatic N) is 3. The zero-order chi connectivity index (χ0) is 13.6. The first-order valence-corrected chi connectivity index (χ1v) is 6.06. The van der Waals surface area contributed by atoms with E-state index in [-0.39, 0.29) is 0 Å². The maximum absolute atomic E-state index is 5.61. The highest BCUT2D eigenvalue weighted by atomic mass is 16.5. The van der Waals surface area contributed by atoms with Crippen LogP contribution in [0.25, 0.3) is 16.8 Å². The van der Waals surface area contributed by atoms with Crippen molar-refractivity contribution in [2.75, 3.05) is 7.11 Å². The lowest BCUT2D eigenvalue weighted by Gasteiger charge is -2.05. The first-order valence-electron chi connectivity index (χ1n) is 6.06. The zero-order valence-corrected chi connectivity index (χ0v) is 11.4. The van der Waals surface area contributed by atoms with Gasteiger partial charge in [-0.15, -0.1) is 0 Å². The molecule has 3 aromatic heterocycles. The number of methoxy groups -OCH3 is 1. The molecule has 3 rings (SSSR count). The van der Waals surface area contributed by atoms with Gasteiger partial charge in [-0.3, -0.25) is 0 Å². The van der Waals surface area contributed by atoms with E-state index in [0.717, 1.165) is 33.8 Å². The van der Waals surface area contributed by atoms with Gasteiger partial charge in [0.25, 0.3) is 0 Å². The summed E-state index contributed by atoms with van der Waals surface area (Å²) in [5.74, 6) is 0.609. The maximum atomic E-state index is 5.61. The molecule has 0 unspecified atom stereocenters. The minimum Gasteiger partial charge on any atom is -0.481 e. The molecule has 98 valence electrons. The lowest BCUT2D eigenvalue weighted by molar-refractivity contribution is 0.397. The van der Waals surface area contributed by atoms with Gasteiger partial charge in [0.1, 0.15) is 6.26 Å². The predicted octanol–water partition coefficient (Wildman–Crippen LogP) is 2.92. The SMILES string of the molecule is COc1cc(C)c(-c2c(C)nn3c(C)coc23)cn1. The van der Waals surface area contributed by atoms with Crippen molar-refractivity contribution in [2.45, 2.75) is 20.8 Å². The minimum atomic E-state index is 0.609. The Labute approximate surface area is 110 Å². The van der Waals surface area contributed by atoms with E-state index in [1.807, 2.05) is 31.4 Å². The van der Waals surface area contributed by atoms with Gasteiger partial charge in [0.15, 0.2) is 0 Å². The van der Waals surface area contributed by atoms with Gasteiger partial charge in [0.05, 0.1) is 24.1 Å². The van der Waals surface area contributed by atoms with E-state index < -0.39 is 0 Å². The van der Waals surface area contributed by atoms with Gasteiger partial charge in [-0.2, -0.15) is 5.10 Å². The van der Waals surface area contributed by atoms with Crippen LogP contribution < -0.4 is 4.74 Å². The van der Waals surface area contributed by atoms with Crippen LogP contribution in [0.15, 0.2) is 22.9 Å². The quantitative estimate of drug-likeness (QED) is 0.708. The van der Waals surface area contributed by atoms with Crippen molar-refractivity contribution in [1.29, 1.82) is 0 Å². The van der Waals surface area contributed by atoms with Crippen molar-refractivity contribution in [1.82, 2.24) is 14.6 Å². The number of hydrogen-bond donors (Lipinski definition) is 0. The van der Waals surface area contributed by atoms with Crippen LogP contribution in [0.4, 0.5) is 0 Å². The third kappa shape index (κ3) is 1.69. The number of fused-ring (bicyclic) bond motifs is 1. The topological polar surface area (TPSA) is 52.6 Å². The summed E-state index contributed by atoms with van der Waals surface area (Å²) in [7, 11) is 1.61. The van der Waals surface area contributed by atoms with Crippen LogP contribution >= 0.6 is 0 Å². The molecule has 0 N–H and O–H groups in total. The first-order chi connectivity index (χ1) is 9.11. The smallest absolute Gasteiger partial charge is 0.229 e. The molecule has 5 heteroatoms. The van der Waals surface area contributed by atoms with Crippen LogP contribution in [0.5, 0.6) is 5.88 Å². The molecular formula is C14H15N3O2. The summed E-state index contributed by atoms with van der Waals surface area (Å²) in [5.41, 5.74) is 5.74. The van der Waals surface area contributed by atoms with Crippen molar-refractivity contribution >= 4 is 5.71 Å². The summed E-state index contributed by atoms with van der Waals surface area (Å²) in [6, 6.07) is 1.91. The van der Waals surface area contributed by atoms with Gasteiger partial charge in [0.2, 0.25) is 11.6 Å². The molecule has 0 radical (unpaired) electrons. The van der Waals surface area contributed by atoms with Crippen molar-refractivity contribution in [3.63, 3.8) is 0 Å². The normalized spacial score (nSPS) is 11.2. The molecule has 0 saturated carbocycles. The van der Waals surface area contributed by atoms with E-state index >= 15 is 0 Å². The number of rotatable bonds is 2. The van der Waals surface area contributed by atoms with E-state index in [1.54, 1.807) is 19.6 Å². The second kappa shape index (κ2) is 4.12.